The second kappa shape index (κ2) is 8.58. The quantitative estimate of drug-likeness (QED) is 0.616. The molecule has 0 saturated carbocycles. The third-order valence-corrected chi connectivity index (χ3v) is 3.22. The molecule has 0 radical (unpaired) electrons. The summed E-state index contributed by atoms with van der Waals surface area (Å²) in [4.78, 5) is 23.7. The topological polar surface area (TPSA) is 55.4 Å². The Morgan fingerprint density at radius 2 is 2.11 bits per heavy atom. The van der Waals surface area contributed by atoms with Gasteiger partial charge in [0.25, 0.3) is 0 Å². The van der Waals surface area contributed by atoms with Crippen molar-refractivity contribution >= 4 is 29.3 Å². The van der Waals surface area contributed by atoms with Gasteiger partial charge in [0.1, 0.15) is 0 Å². The third-order valence-electron chi connectivity index (χ3n) is 2.26. The molecule has 1 amide bonds. The van der Waals surface area contributed by atoms with Crippen LogP contribution in [0.3, 0.4) is 0 Å². The highest BCUT2D eigenvalue weighted by atomic mass is 32.2. The van der Waals surface area contributed by atoms with Crippen LogP contribution in [0.5, 0.6) is 0 Å². The smallest absolute Gasteiger partial charge is 0.316 e. The lowest BCUT2D eigenvalue weighted by Crippen LogP contribution is -2.10. The van der Waals surface area contributed by atoms with Gasteiger partial charge in [-0.1, -0.05) is 13.0 Å². The summed E-state index contributed by atoms with van der Waals surface area (Å²) in [7, 11) is 0. The fourth-order valence-electron chi connectivity index (χ4n) is 1.46. The van der Waals surface area contributed by atoms with Crippen LogP contribution in [0, 0.1) is 0 Å². The zero-order valence-corrected chi connectivity index (χ0v) is 12.1. The minimum absolute atomic E-state index is 0.00930. The van der Waals surface area contributed by atoms with Gasteiger partial charge in [-0.05, 0) is 31.5 Å². The van der Waals surface area contributed by atoms with Crippen molar-refractivity contribution in [3.8, 4) is 0 Å². The van der Waals surface area contributed by atoms with Crippen molar-refractivity contribution in [2.24, 2.45) is 0 Å². The van der Waals surface area contributed by atoms with Crippen molar-refractivity contribution in [1.29, 1.82) is 0 Å². The van der Waals surface area contributed by atoms with Crippen LogP contribution in [-0.4, -0.2) is 24.2 Å². The van der Waals surface area contributed by atoms with Gasteiger partial charge in [0.2, 0.25) is 5.91 Å². The van der Waals surface area contributed by atoms with E-state index in [2.05, 4.69) is 5.32 Å². The van der Waals surface area contributed by atoms with E-state index in [1.54, 1.807) is 6.92 Å². The minimum atomic E-state index is -0.229. The second-order valence-electron chi connectivity index (χ2n) is 3.92. The molecule has 5 heteroatoms. The van der Waals surface area contributed by atoms with Crippen LogP contribution in [0.2, 0.25) is 0 Å². The van der Waals surface area contributed by atoms with Crippen molar-refractivity contribution in [2.75, 3.05) is 17.7 Å². The average molecular weight is 281 g/mol. The van der Waals surface area contributed by atoms with E-state index in [0.717, 1.165) is 17.0 Å². The molecule has 1 N–H and O–H groups in total. The van der Waals surface area contributed by atoms with Gasteiger partial charge in [-0.15, -0.1) is 11.8 Å². The number of thioether (sulfide) groups is 1. The van der Waals surface area contributed by atoms with Crippen molar-refractivity contribution < 1.29 is 14.3 Å². The SMILES string of the molecule is CCCC(=O)Nc1cccc(SCC(=O)OCC)c1. The Bertz CT molecular complexity index is 434. The summed E-state index contributed by atoms with van der Waals surface area (Å²) in [5.41, 5.74) is 0.757. The van der Waals surface area contributed by atoms with E-state index in [1.165, 1.54) is 11.8 Å². The van der Waals surface area contributed by atoms with E-state index >= 15 is 0 Å². The summed E-state index contributed by atoms with van der Waals surface area (Å²) in [6, 6.07) is 7.45. The summed E-state index contributed by atoms with van der Waals surface area (Å²) >= 11 is 1.40. The van der Waals surface area contributed by atoms with Gasteiger partial charge in [0.15, 0.2) is 0 Å². The average Bonchev–Trinajstić information content (AvgIpc) is 2.37. The zero-order chi connectivity index (χ0) is 14.1. The van der Waals surface area contributed by atoms with Crippen LogP contribution in [-0.2, 0) is 14.3 Å². The molecule has 19 heavy (non-hydrogen) atoms. The number of anilines is 1. The molecule has 1 aromatic carbocycles. The molecule has 0 aliphatic carbocycles. The van der Waals surface area contributed by atoms with Crippen LogP contribution >= 0.6 is 11.8 Å². The highest BCUT2D eigenvalue weighted by Gasteiger charge is 2.05. The Morgan fingerprint density at radius 1 is 1.32 bits per heavy atom. The summed E-state index contributed by atoms with van der Waals surface area (Å²) in [5.74, 6) is 0.0585. The van der Waals surface area contributed by atoms with Gasteiger partial charge in [0, 0.05) is 17.0 Å². The van der Waals surface area contributed by atoms with E-state index in [1.807, 2.05) is 31.2 Å². The molecule has 0 aliphatic rings. The van der Waals surface area contributed by atoms with Crippen molar-refractivity contribution in [2.45, 2.75) is 31.6 Å². The molecule has 0 spiro atoms. The van der Waals surface area contributed by atoms with E-state index in [-0.39, 0.29) is 17.6 Å². The molecule has 0 saturated heterocycles. The standard InChI is InChI=1S/C14H19NO3S/c1-3-6-13(16)15-11-7-5-8-12(9-11)19-10-14(17)18-4-2/h5,7-9H,3-4,6,10H2,1-2H3,(H,15,16). The number of carbonyl (C=O) groups is 2. The summed E-state index contributed by atoms with van der Waals surface area (Å²) in [5, 5.41) is 2.83. The maximum absolute atomic E-state index is 11.5. The Balaban J connectivity index is 2.52. The number of carbonyl (C=O) groups excluding carboxylic acids is 2. The van der Waals surface area contributed by atoms with Gasteiger partial charge < -0.3 is 10.1 Å². The van der Waals surface area contributed by atoms with Gasteiger partial charge >= 0.3 is 5.97 Å². The molecule has 0 bridgehead atoms. The monoisotopic (exact) mass is 281 g/mol. The van der Waals surface area contributed by atoms with Gasteiger partial charge in [-0.2, -0.15) is 0 Å². The molecule has 4 nitrogen and oxygen atoms in total. The number of rotatable bonds is 7. The highest BCUT2D eigenvalue weighted by molar-refractivity contribution is 8.00. The highest BCUT2D eigenvalue weighted by Crippen LogP contribution is 2.21. The lowest BCUT2D eigenvalue weighted by molar-refractivity contribution is -0.139. The predicted octanol–water partition coefficient (Wildman–Crippen LogP) is 3.08. The number of ether oxygens (including phenoxy) is 1. The molecule has 0 fully saturated rings. The van der Waals surface area contributed by atoms with Gasteiger partial charge in [0.05, 0.1) is 12.4 Å². The number of benzene rings is 1. The number of hydrogen-bond donors (Lipinski definition) is 1. The van der Waals surface area contributed by atoms with Gasteiger partial charge in [-0.25, -0.2) is 0 Å². The minimum Gasteiger partial charge on any atom is -0.465 e. The lowest BCUT2D eigenvalue weighted by Gasteiger charge is -2.06. The van der Waals surface area contributed by atoms with Gasteiger partial charge in [-0.3, -0.25) is 9.59 Å². The first-order valence-electron chi connectivity index (χ1n) is 6.34. The number of hydrogen-bond acceptors (Lipinski definition) is 4. The van der Waals surface area contributed by atoms with E-state index < -0.39 is 0 Å². The Labute approximate surface area is 117 Å². The van der Waals surface area contributed by atoms with Crippen LogP contribution < -0.4 is 5.32 Å². The molecule has 0 aromatic heterocycles. The lowest BCUT2D eigenvalue weighted by atomic mass is 10.3. The Kier molecular flexibility index (Phi) is 7.03. The zero-order valence-electron chi connectivity index (χ0n) is 11.3. The number of esters is 1. The largest absolute Gasteiger partial charge is 0.465 e. The summed E-state index contributed by atoms with van der Waals surface area (Å²) in [6.07, 6.45) is 1.34. The van der Waals surface area contributed by atoms with E-state index in [4.69, 9.17) is 4.74 Å². The van der Waals surface area contributed by atoms with Crippen LogP contribution in [0.4, 0.5) is 5.69 Å². The number of amides is 1. The molecule has 1 rings (SSSR count). The normalized spacial score (nSPS) is 10.0. The first-order chi connectivity index (χ1) is 9.15. The molecular formula is C14H19NO3S. The maximum atomic E-state index is 11.5. The van der Waals surface area contributed by atoms with Crippen molar-refractivity contribution in [3.05, 3.63) is 24.3 Å². The molecule has 0 unspecified atom stereocenters. The number of nitrogens with one attached hydrogen (secondary N) is 1. The summed E-state index contributed by atoms with van der Waals surface area (Å²) < 4.78 is 4.86. The second-order valence-corrected chi connectivity index (χ2v) is 4.97. The van der Waals surface area contributed by atoms with E-state index in [0.29, 0.717) is 13.0 Å². The van der Waals surface area contributed by atoms with Crippen molar-refractivity contribution in [1.82, 2.24) is 0 Å². The first kappa shape index (κ1) is 15.6. The predicted molar refractivity (Wildman–Crippen MR) is 77.3 cm³/mol. The molecule has 104 valence electrons. The fraction of sp³-hybridized carbons (Fsp3) is 0.429. The molecule has 0 heterocycles. The molecule has 0 atom stereocenters. The van der Waals surface area contributed by atoms with E-state index in [9.17, 15) is 9.59 Å². The molecule has 1 aromatic rings. The Hall–Kier alpha value is -1.49. The maximum Gasteiger partial charge on any atom is 0.316 e. The molecule has 0 aliphatic heterocycles. The Morgan fingerprint density at radius 3 is 2.79 bits per heavy atom. The fourth-order valence-corrected chi connectivity index (χ4v) is 2.21. The summed E-state index contributed by atoms with van der Waals surface area (Å²) in [6.45, 7) is 4.14. The third kappa shape index (κ3) is 6.29. The van der Waals surface area contributed by atoms with Crippen LogP contribution in [0.15, 0.2) is 29.2 Å². The van der Waals surface area contributed by atoms with Crippen LogP contribution in [0.1, 0.15) is 26.7 Å². The van der Waals surface area contributed by atoms with Crippen molar-refractivity contribution in [3.63, 3.8) is 0 Å². The molecular weight excluding hydrogens is 262 g/mol. The first-order valence-corrected chi connectivity index (χ1v) is 7.32. The van der Waals surface area contributed by atoms with Crippen LogP contribution in [0.25, 0.3) is 0 Å².